The lowest BCUT2D eigenvalue weighted by atomic mass is 10.0. The molecule has 1 aliphatic heterocycles. The van der Waals surface area contributed by atoms with Gasteiger partial charge >= 0.3 is 7.82 Å². The van der Waals surface area contributed by atoms with Crippen LogP contribution in [0.15, 0.2) is 0 Å². The van der Waals surface area contributed by atoms with Gasteiger partial charge in [-0.1, -0.05) is 90.4 Å². The number of ether oxygens (including phenoxy) is 2. The van der Waals surface area contributed by atoms with E-state index in [1.165, 1.54) is 77.0 Å². The van der Waals surface area contributed by atoms with Crippen molar-refractivity contribution in [2.45, 2.75) is 109 Å². The van der Waals surface area contributed by atoms with Crippen molar-refractivity contribution in [2.24, 2.45) is 0 Å². The van der Waals surface area contributed by atoms with E-state index in [9.17, 15) is 4.57 Å². The monoisotopic (exact) mass is 408 g/mol. The molecule has 0 aliphatic carbocycles. The second kappa shape index (κ2) is 15.9. The highest BCUT2D eigenvalue weighted by Gasteiger charge is 2.25. The Morgan fingerprint density at radius 1 is 0.778 bits per heavy atom. The van der Waals surface area contributed by atoms with Crippen LogP contribution in [-0.2, 0) is 18.6 Å². The summed E-state index contributed by atoms with van der Waals surface area (Å²) in [5.41, 5.74) is 0. The number of phosphoric acid groups is 1. The average Bonchev–Trinajstić information content (AvgIpc) is 2.64. The summed E-state index contributed by atoms with van der Waals surface area (Å²) in [7, 11) is -4.43. The van der Waals surface area contributed by atoms with Crippen LogP contribution in [0.1, 0.15) is 96.8 Å². The normalized spacial score (nSPS) is 20.9. The fraction of sp³-hybridized carbons (Fsp3) is 1.00. The zero-order valence-corrected chi connectivity index (χ0v) is 18.0. The van der Waals surface area contributed by atoms with Crippen LogP contribution >= 0.6 is 7.82 Å². The highest BCUT2D eigenvalue weighted by molar-refractivity contribution is 7.46. The van der Waals surface area contributed by atoms with Gasteiger partial charge in [-0.15, -0.1) is 0 Å². The number of rotatable bonds is 17. The van der Waals surface area contributed by atoms with E-state index >= 15 is 0 Å². The van der Waals surface area contributed by atoms with Gasteiger partial charge in [0.15, 0.2) is 0 Å². The molecule has 0 saturated carbocycles. The summed E-state index contributed by atoms with van der Waals surface area (Å²) in [6, 6.07) is 0. The maximum absolute atomic E-state index is 10.7. The molecule has 0 amide bonds. The van der Waals surface area contributed by atoms with Gasteiger partial charge in [-0.05, 0) is 6.42 Å². The van der Waals surface area contributed by atoms with Gasteiger partial charge in [0, 0.05) is 0 Å². The van der Waals surface area contributed by atoms with Crippen molar-refractivity contribution in [3.8, 4) is 0 Å². The predicted octanol–water partition coefficient (Wildman–Crippen LogP) is 5.36. The summed E-state index contributed by atoms with van der Waals surface area (Å²) >= 11 is 0. The lowest BCUT2D eigenvalue weighted by molar-refractivity contribution is -0.145. The molecular weight excluding hydrogens is 367 g/mol. The number of phosphoric ester groups is 1. The Morgan fingerprint density at radius 3 is 1.67 bits per heavy atom. The van der Waals surface area contributed by atoms with Crippen LogP contribution in [0.25, 0.3) is 0 Å². The molecule has 2 atom stereocenters. The molecule has 0 bridgehead atoms. The Hall–Kier alpha value is 0.0300. The fourth-order valence-corrected chi connectivity index (χ4v) is 3.78. The first-order chi connectivity index (χ1) is 13.0. The van der Waals surface area contributed by atoms with Gasteiger partial charge < -0.3 is 19.3 Å². The molecule has 1 heterocycles. The van der Waals surface area contributed by atoms with Gasteiger partial charge in [0.1, 0.15) is 6.10 Å². The third kappa shape index (κ3) is 15.6. The van der Waals surface area contributed by atoms with Crippen molar-refractivity contribution in [1.82, 2.24) is 0 Å². The molecule has 0 aromatic rings. The second-order valence-electron chi connectivity index (χ2n) is 7.73. The smallest absolute Gasteiger partial charge is 0.373 e. The Kier molecular flexibility index (Phi) is 14.8. The van der Waals surface area contributed by atoms with E-state index in [0.717, 1.165) is 12.8 Å². The zero-order valence-electron chi connectivity index (χ0n) is 17.2. The molecule has 6 nitrogen and oxygen atoms in total. The molecule has 27 heavy (non-hydrogen) atoms. The first kappa shape index (κ1) is 25.1. The van der Waals surface area contributed by atoms with Crippen LogP contribution in [0.2, 0.25) is 0 Å². The standard InChI is InChI=1S/C20H41O6P/c1-2-3-4-5-6-7-8-9-10-11-12-13-14-15-19-16-25-20(17-24-19)18-26-27(21,22)23/h19-20H,2-18H2,1H3,(H2,21,22,23)/t19-,20+/m0/s1. The van der Waals surface area contributed by atoms with Crippen molar-refractivity contribution in [1.29, 1.82) is 0 Å². The van der Waals surface area contributed by atoms with E-state index in [-0.39, 0.29) is 18.8 Å². The summed E-state index contributed by atoms with van der Waals surface area (Å²) in [6.07, 6.45) is 18.2. The first-order valence-electron chi connectivity index (χ1n) is 10.9. The molecule has 2 N–H and O–H groups in total. The minimum absolute atomic E-state index is 0.101. The molecule has 7 heteroatoms. The Balaban J connectivity index is 1.82. The van der Waals surface area contributed by atoms with Crippen LogP contribution < -0.4 is 0 Å². The van der Waals surface area contributed by atoms with Gasteiger partial charge in [0.25, 0.3) is 0 Å². The summed E-state index contributed by atoms with van der Waals surface area (Å²) in [4.78, 5) is 17.4. The number of hydrogen-bond acceptors (Lipinski definition) is 4. The largest absolute Gasteiger partial charge is 0.469 e. The molecule has 0 aromatic heterocycles. The van der Waals surface area contributed by atoms with E-state index in [1.54, 1.807) is 0 Å². The van der Waals surface area contributed by atoms with Crippen molar-refractivity contribution in [2.75, 3.05) is 19.8 Å². The van der Waals surface area contributed by atoms with Gasteiger partial charge in [0.05, 0.1) is 25.9 Å². The quantitative estimate of drug-likeness (QED) is 0.249. The molecule has 0 aromatic carbocycles. The zero-order chi connectivity index (χ0) is 19.8. The highest BCUT2D eigenvalue weighted by atomic mass is 31.2. The maximum atomic E-state index is 10.7. The third-order valence-electron chi connectivity index (χ3n) is 5.09. The molecule has 0 unspecified atom stereocenters. The second-order valence-corrected chi connectivity index (χ2v) is 8.97. The molecule has 1 saturated heterocycles. The molecular formula is C20H41O6P. The first-order valence-corrected chi connectivity index (χ1v) is 12.5. The van der Waals surface area contributed by atoms with Crippen LogP contribution in [-0.4, -0.2) is 41.8 Å². The van der Waals surface area contributed by atoms with Crippen molar-refractivity contribution < 1.29 is 28.3 Å². The van der Waals surface area contributed by atoms with Gasteiger partial charge in [-0.3, -0.25) is 4.52 Å². The van der Waals surface area contributed by atoms with Crippen LogP contribution in [0, 0.1) is 0 Å². The molecule has 0 radical (unpaired) electrons. The van der Waals surface area contributed by atoms with Crippen LogP contribution in [0.3, 0.4) is 0 Å². The lowest BCUT2D eigenvalue weighted by Crippen LogP contribution is -2.38. The molecule has 0 spiro atoms. The van der Waals surface area contributed by atoms with Crippen LogP contribution in [0.4, 0.5) is 0 Å². The molecule has 1 fully saturated rings. The predicted molar refractivity (Wildman–Crippen MR) is 108 cm³/mol. The number of hydrogen-bond donors (Lipinski definition) is 2. The van der Waals surface area contributed by atoms with Crippen molar-refractivity contribution >= 4 is 7.82 Å². The van der Waals surface area contributed by atoms with E-state index in [1.807, 2.05) is 0 Å². The molecule has 1 rings (SSSR count). The van der Waals surface area contributed by atoms with E-state index < -0.39 is 7.82 Å². The third-order valence-corrected chi connectivity index (χ3v) is 5.58. The summed E-state index contributed by atoms with van der Waals surface area (Å²) < 4.78 is 26.4. The van der Waals surface area contributed by atoms with E-state index in [0.29, 0.717) is 13.2 Å². The maximum Gasteiger partial charge on any atom is 0.469 e. The Bertz CT molecular complexity index is 379. The SMILES string of the molecule is CCCCCCCCCCCCCCC[C@H]1CO[C@@H](COP(=O)(O)O)CO1. The molecule has 1 aliphatic rings. The van der Waals surface area contributed by atoms with E-state index in [4.69, 9.17) is 19.3 Å². The van der Waals surface area contributed by atoms with Crippen molar-refractivity contribution in [3.05, 3.63) is 0 Å². The average molecular weight is 409 g/mol. The fourth-order valence-electron chi connectivity index (χ4n) is 3.42. The Morgan fingerprint density at radius 2 is 1.22 bits per heavy atom. The Labute approximate surface area is 165 Å². The molecule has 162 valence electrons. The lowest BCUT2D eigenvalue weighted by Gasteiger charge is -2.29. The number of unbranched alkanes of at least 4 members (excludes halogenated alkanes) is 12. The van der Waals surface area contributed by atoms with Gasteiger partial charge in [-0.2, -0.15) is 0 Å². The van der Waals surface area contributed by atoms with Gasteiger partial charge in [-0.25, -0.2) is 4.57 Å². The summed E-state index contributed by atoms with van der Waals surface area (Å²) in [5.74, 6) is 0. The summed E-state index contributed by atoms with van der Waals surface area (Å²) in [5, 5.41) is 0. The minimum atomic E-state index is -4.43. The highest BCUT2D eigenvalue weighted by Crippen LogP contribution is 2.36. The minimum Gasteiger partial charge on any atom is -0.373 e. The van der Waals surface area contributed by atoms with Gasteiger partial charge in [0.2, 0.25) is 0 Å². The van der Waals surface area contributed by atoms with Crippen molar-refractivity contribution in [3.63, 3.8) is 0 Å². The van der Waals surface area contributed by atoms with Crippen LogP contribution in [0.5, 0.6) is 0 Å². The topological polar surface area (TPSA) is 85.2 Å². The summed E-state index contributed by atoms with van der Waals surface area (Å²) in [6.45, 7) is 2.95. The van der Waals surface area contributed by atoms with E-state index in [2.05, 4.69) is 11.4 Å².